The molecule has 2 rings (SSSR count). The molecule has 0 radical (unpaired) electrons. The predicted octanol–water partition coefficient (Wildman–Crippen LogP) is 2.53. The van der Waals surface area contributed by atoms with Crippen LogP contribution in [0.2, 0.25) is 5.02 Å². The molecule has 1 aliphatic heterocycles. The van der Waals surface area contributed by atoms with Crippen molar-refractivity contribution in [1.29, 1.82) is 0 Å². The Hall–Kier alpha value is -0.570. The SMILES string of the molecule is Clc1cccc(CNCCN2CCCC2)c1. The first-order chi connectivity index (χ1) is 7.84. The summed E-state index contributed by atoms with van der Waals surface area (Å²) < 4.78 is 0. The summed E-state index contributed by atoms with van der Waals surface area (Å²) in [5.41, 5.74) is 1.26. The molecule has 0 spiro atoms. The molecule has 0 aromatic heterocycles. The highest BCUT2D eigenvalue weighted by molar-refractivity contribution is 6.30. The smallest absolute Gasteiger partial charge is 0.0409 e. The van der Waals surface area contributed by atoms with Crippen molar-refractivity contribution >= 4 is 11.6 Å². The van der Waals surface area contributed by atoms with Crippen LogP contribution in [0, 0.1) is 0 Å². The minimum atomic E-state index is 0.818. The van der Waals surface area contributed by atoms with Crippen LogP contribution in [0.3, 0.4) is 0 Å². The summed E-state index contributed by atoms with van der Waals surface area (Å²) in [6.45, 7) is 5.69. The van der Waals surface area contributed by atoms with Gasteiger partial charge in [0.05, 0.1) is 0 Å². The van der Waals surface area contributed by atoms with Crippen molar-refractivity contribution in [2.75, 3.05) is 26.2 Å². The maximum absolute atomic E-state index is 5.93. The molecule has 0 bridgehead atoms. The molecule has 1 heterocycles. The predicted molar refractivity (Wildman–Crippen MR) is 68.8 cm³/mol. The fraction of sp³-hybridized carbons (Fsp3) is 0.538. The van der Waals surface area contributed by atoms with E-state index < -0.39 is 0 Å². The quantitative estimate of drug-likeness (QED) is 0.794. The molecule has 0 unspecified atom stereocenters. The van der Waals surface area contributed by atoms with Crippen LogP contribution in [0.1, 0.15) is 18.4 Å². The first-order valence-corrected chi connectivity index (χ1v) is 6.40. The van der Waals surface area contributed by atoms with Gasteiger partial charge in [-0.05, 0) is 43.6 Å². The second-order valence-electron chi connectivity index (χ2n) is 4.36. The molecule has 1 aromatic carbocycles. The van der Waals surface area contributed by atoms with E-state index in [1.807, 2.05) is 18.2 Å². The Morgan fingerprint density at radius 2 is 2.06 bits per heavy atom. The summed E-state index contributed by atoms with van der Waals surface area (Å²) in [6.07, 6.45) is 2.74. The Morgan fingerprint density at radius 3 is 2.81 bits per heavy atom. The van der Waals surface area contributed by atoms with Crippen LogP contribution in [-0.4, -0.2) is 31.1 Å². The van der Waals surface area contributed by atoms with E-state index in [1.54, 1.807) is 0 Å². The molecule has 3 heteroatoms. The largest absolute Gasteiger partial charge is 0.311 e. The van der Waals surface area contributed by atoms with Crippen molar-refractivity contribution in [3.05, 3.63) is 34.9 Å². The van der Waals surface area contributed by atoms with Gasteiger partial charge in [0.2, 0.25) is 0 Å². The van der Waals surface area contributed by atoms with E-state index in [4.69, 9.17) is 11.6 Å². The van der Waals surface area contributed by atoms with E-state index in [1.165, 1.54) is 38.0 Å². The van der Waals surface area contributed by atoms with E-state index in [2.05, 4.69) is 16.3 Å². The molecule has 0 amide bonds. The Bertz CT molecular complexity index is 321. The van der Waals surface area contributed by atoms with Gasteiger partial charge >= 0.3 is 0 Å². The van der Waals surface area contributed by atoms with Gasteiger partial charge in [0.15, 0.2) is 0 Å². The van der Waals surface area contributed by atoms with Crippen molar-refractivity contribution in [2.45, 2.75) is 19.4 Å². The Labute approximate surface area is 103 Å². The third-order valence-corrected chi connectivity index (χ3v) is 3.26. The number of likely N-dealkylation sites (tertiary alicyclic amines) is 1. The zero-order valence-electron chi connectivity index (χ0n) is 9.58. The van der Waals surface area contributed by atoms with Crippen LogP contribution in [0.25, 0.3) is 0 Å². The highest BCUT2D eigenvalue weighted by Crippen LogP contribution is 2.10. The number of rotatable bonds is 5. The molecular formula is C13H19ClN2. The summed E-state index contributed by atoms with van der Waals surface area (Å²) in [5.74, 6) is 0. The zero-order chi connectivity index (χ0) is 11.2. The normalized spacial score (nSPS) is 16.8. The first kappa shape index (κ1) is 11.9. The average Bonchev–Trinajstić information content (AvgIpc) is 2.77. The van der Waals surface area contributed by atoms with E-state index >= 15 is 0 Å². The van der Waals surface area contributed by atoms with Crippen molar-refractivity contribution < 1.29 is 0 Å². The van der Waals surface area contributed by atoms with E-state index in [0.29, 0.717) is 0 Å². The minimum absolute atomic E-state index is 0.818. The van der Waals surface area contributed by atoms with E-state index in [9.17, 15) is 0 Å². The van der Waals surface area contributed by atoms with Gasteiger partial charge in [-0.15, -0.1) is 0 Å². The summed E-state index contributed by atoms with van der Waals surface area (Å²) in [7, 11) is 0. The van der Waals surface area contributed by atoms with E-state index in [-0.39, 0.29) is 0 Å². The van der Waals surface area contributed by atoms with Crippen LogP contribution in [0.15, 0.2) is 24.3 Å². The van der Waals surface area contributed by atoms with Crippen molar-refractivity contribution in [1.82, 2.24) is 10.2 Å². The summed E-state index contributed by atoms with van der Waals surface area (Å²) in [5, 5.41) is 4.27. The topological polar surface area (TPSA) is 15.3 Å². The van der Waals surface area contributed by atoms with Gasteiger partial charge in [-0.25, -0.2) is 0 Å². The molecule has 0 aliphatic carbocycles. The van der Waals surface area contributed by atoms with Crippen LogP contribution in [0.4, 0.5) is 0 Å². The molecule has 1 N–H and O–H groups in total. The molecule has 2 nitrogen and oxygen atoms in total. The Kier molecular flexibility index (Phi) is 4.64. The second kappa shape index (κ2) is 6.24. The monoisotopic (exact) mass is 238 g/mol. The van der Waals surface area contributed by atoms with Gasteiger partial charge < -0.3 is 10.2 Å². The highest BCUT2D eigenvalue weighted by atomic mass is 35.5. The maximum atomic E-state index is 5.93. The van der Waals surface area contributed by atoms with Gasteiger partial charge in [-0.1, -0.05) is 23.7 Å². The zero-order valence-corrected chi connectivity index (χ0v) is 10.3. The van der Waals surface area contributed by atoms with Crippen molar-refractivity contribution in [2.24, 2.45) is 0 Å². The lowest BCUT2D eigenvalue weighted by Crippen LogP contribution is -2.29. The molecule has 1 aromatic rings. The lowest BCUT2D eigenvalue weighted by molar-refractivity contribution is 0.335. The van der Waals surface area contributed by atoms with Crippen molar-refractivity contribution in [3.8, 4) is 0 Å². The minimum Gasteiger partial charge on any atom is -0.311 e. The van der Waals surface area contributed by atoms with Crippen LogP contribution < -0.4 is 5.32 Å². The fourth-order valence-corrected chi connectivity index (χ4v) is 2.34. The van der Waals surface area contributed by atoms with E-state index in [0.717, 1.165) is 18.1 Å². The molecule has 1 saturated heterocycles. The Morgan fingerprint density at radius 1 is 1.25 bits per heavy atom. The van der Waals surface area contributed by atoms with Crippen LogP contribution in [0.5, 0.6) is 0 Å². The molecule has 16 heavy (non-hydrogen) atoms. The Balaban J connectivity index is 1.64. The maximum Gasteiger partial charge on any atom is 0.0409 e. The lowest BCUT2D eigenvalue weighted by Gasteiger charge is -2.14. The number of benzene rings is 1. The van der Waals surface area contributed by atoms with Crippen LogP contribution in [-0.2, 0) is 6.54 Å². The molecule has 88 valence electrons. The third-order valence-electron chi connectivity index (χ3n) is 3.02. The number of hydrogen-bond donors (Lipinski definition) is 1. The fourth-order valence-electron chi connectivity index (χ4n) is 2.12. The standard InChI is InChI=1S/C13H19ClN2/c14-13-5-3-4-12(10-13)11-15-6-9-16-7-1-2-8-16/h3-5,10,15H,1-2,6-9,11H2. The summed E-state index contributed by atoms with van der Waals surface area (Å²) >= 11 is 5.93. The number of hydrogen-bond acceptors (Lipinski definition) is 2. The van der Waals surface area contributed by atoms with Gasteiger partial charge in [-0.2, -0.15) is 0 Å². The summed E-state index contributed by atoms with van der Waals surface area (Å²) in [4.78, 5) is 2.52. The van der Waals surface area contributed by atoms with Gasteiger partial charge in [0.25, 0.3) is 0 Å². The number of halogens is 1. The number of nitrogens with zero attached hydrogens (tertiary/aromatic N) is 1. The van der Waals surface area contributed by atoms with Gasteiger partial charge in [-0.3, -0.25) is 0 Å². The summed E-state index contributed by atoms with van der Waals surface area (Å²) in [6, 6.07) is 8.04. The highest BCUT2D eigenvalue weighted by Gasteiger charge is 2.09. The second-order valence-corrected chi connectivity index (χ2v) is 4.79. The lowest BCUT2D eigenvalue weighted by atomic mass is 10.2. The third kappa shape index (κ3) is 3.78. The molecule has 1 fully saturated rings. The van der Waals surface area contributed by atoms with Gasteiger partial charge in [0, 0.05) is 24.7 Å². The molecule has 0 saturated carbocycles. The van der Waals surface area contributed by atoms with Gasteiger partial charge in [0.1, 0.15) is 0 Å². The first-order valence-electron chi connectivity index (χ1n) is 6.02. The average molecular weight is 239 g/mol. The van der Waals surface area contributed by atoms with Crippen LogP contribution >= 0.6 is 11.6 Å². The molecule has 1 aliphatic rings. The number of nitrogens with one attached hydrogen (secondary N) is 1. The van der Waals surface area contributed by atoms with Crippen molar-refractivity contribution in [3.63, 3.8) is 0 Å². The molecular weight excluding hydrogens is 220 g/mol. The molecule has 0 atom stereocenters.